The molecular weight excluding hydrogens is 378 g/mol. The van der Waals surface area contributed by atoms with Crippen molar-refractivity contribution in [3.63, 3.8) is 0 Å². The largest absolute Gasteiger partial charge is 0.508 e. The van der Waals surface area contributed by atoms with Gasteiger partial charge in [0.05, 0.1) is 24.0 Å². The lowest BCUT2D eigenvalue weighted by Crippen LogP contribution is -2.18. The molecule has 6 heteroatoms. The van der Waals surface area contributed by atoms with E-state index in [1.54, 1.807) is 42.6 Å². The zero-order valence-electron chi connectivity index (χ0n) is 16.7. The van der Waals surface area contributed by atoms with E-state index in [1.807, 2.05) is 12.1 Å². The summed E-state index contributed by atoms with van der Waals surface area (Å²) in [7, 11) is 0. The SMILES string of the molecule is O=C(Cc1ccc(O)cc1)Nc1ncc(-c2ccc(O)cc2)nc1CC1CCCC1. The number of nitrogens with one attached hydrogen (secondary N) is 1. The molecule has 3 aromatic rings. The summed E-state index contributed by atoms with van der Waals surface area (Å²) in [6.07, 6.45) is 7.45. The molecule has 4 rings (SSSR count). The maximum absolute atomic E-state index is 12.6. The molecule has 0 bridgehead atoms. The van der Waals surface area contributed by atoms with E-state index in [4.69, 9.17) is 4.98 Å². The summed E-state index contributed by atoms with van der Waals surface area (Å²) in [4.78, 5) is 21.9. The minimum Gasteiger partial charge on any atom is -0.508 e. The molecule has 0 radical (unpaired) electrons. The number of benzene rings is 2. The predicted octanol–water partition coefficient (Wildman–Crippen LogP) is 4.47. The zero-order valence-corrected chi connectivity index (χ0v) is 16.7. The van der Waals surface area contributed by atoms with Crippen LogP contribution in [0.4, 0.5) is 5.82 Å². The highest BCUT2D eigenvalue weighted by Gasteiger charge is 2.20. The molecule has 154 valence electrons. The van der Waals surface area contributed by atoms with Crippen LogP contribution < -0.4 is 5.32 Å². The fourth-order valence-electron chi connectivity index (χ4n) is 3.91. The summed E-state index contributed by atoms with van der Waals surface area (Å²) in [5.41, 5.74) is 3.21. The number of phenols is 2. The van der Waals surface area contributed by atoms with E-state index in [0.29, 0.717) is 11.7 Å². The van der Waals surface area contributed by atoms with Gasteiger partial charge in [0.2, 0.25) is 5.91 Å². The second kappa shape index (κ2) is 8.95. The van der Waals surface area contributed by atoms with E-state index in [-0.39, 0.29) is 23.8 Å². The summed E-state index contributed by atoms with van der Waals surface area (Å²) in [6, 6.07) is 13.5. The fourth-order valence-corrected chi connectivity index (χ4v) is 3.91. The van der Waals surface area contributed by atoms with Crippen LogP contribution >= 0.6 is 0 Å². The van der Waals surface area contributed by atoms with Gasteiger partial charge in [0.25, 0.3) is 0 Å². The van der Waals surface area contributed by atoms with Crippen LogP contribution in [0.2, 0.25) is 0 Å². The molecule has 3 N–H and O–H groups in total. The Kier molecular flexibility index (Phi) is 5.93. The average molecular weight is 403 g/mol. The van der Waals surface area contributed by atoms with Gasteiger partial charge in [-0.25, -0.2) is 9.97 Å². The van der Waals surface area contributed by atoms with Crippen molar-refractivity contribution in [2.45, 2.75) is 38.5 Å². The number of nitrogens with zero attached hydrogens (tertiary/aromatic N) is 2. The van der Waals surface area contributed by atoms with Crippen molar-refractivity contribution >= 4 is 11.7 Å². The number of carbonyl (C=O) groups excluding carboxylic acids is 1. The van der Waals surface area contributed by atoms with E-state index in [2.05, 4.69) is 10.3 Å². The van der Waals surface area contributed by atoms with Crippen molar-refractivity contribution in [3.8, 4) is 22.8 Å². The predicted molar refractivity (Wildman–Crippen MR) is 115 cm³/mol. The van der Waals surface area contributed by atoms with Crippen LogP contribution in [0.3, 0.4) is 0 Å². The van der Waals surface area contributed by atoms with Crippen molar-refractivity contribution < 1.29 is 15.0 Å². The maximum atomic E-state index is 12.6. The Morgan fingerprint density at radius 1 is 0.967 bits per heavy atom. The third-order valence-corrected chi connectivity index (χ3v) is 5.52. The van der Waals surface area contributed by atoms with Crippen molar-refractivity contribution in [1.82, 2.24) is 9.97 Å². The standard InChI is InChI=1S/C24H25N3O3/c28-19-9-5-17(6-10-19)14-23(30)27-24-21(13-16-3-1-2-4-16)26-22(15-25-24)18-7-11-20(29)12-8-18/h5-12,15-16,28-29H,1-4,13-14H2,(H,25,27,30). The van der Waals surface area contributed by atoms with Crippen molar-refractivity contribution in [3.05, 3.63) is 66.0 Å². The maximum Gasteiger partial charge on any atom is 0.229 e. The monoisotopic (exact) mass is 403 g/mol. The van der Waals surface area contributed by atoms with Gasteiger partial charge in [0.15, 0.2) is 5.82 Å². The molecule has 0 unspecified atom stereocenters. The number of aromatic hydroxyl groups is 2. The van der Waals surface area contributed by atoms with Gasteiger partial charge >= 0.3 is 0 Å². The van der Waals surface area contributed by atoms with Crippen molar-refractivity contribution in [2.24, 2.45) is 5.92 Å². The molecule has 0 saturated heterocycles. The van der Waals surface area contributed by atoms with Crippen LogP contribution in [0.25, 0.3) is 11.3 Å². The molecule has 1 amide bonds. The quantitative estimate of drug-likeness (QED) is 0.564. The van der Waals surface area contributed by atoms with Crippen LogP contribution in [0.1, 0.15) is 36.9 Å². The highest BCUT2D eigenvalue weighted by atomic mass is 16.3. The van der Waals surface area contributed by atoms with Crippen LogP contribution in [0, 0.1) is 5.92 Å². The third-order valence-electron chi connectivity index (χ3n) is 5.52. The van der Waals surface area contributed by atoms with E-state index in [9.17, 15) is 15.0 Å². The Labute approximate surface area is 175 Å². The summed E-state index contributed by atoms with van der Waals surface area (Å²) >= 11 is 0. The second-order valence-corrected chi connectivity index (χ2v) is 7.84. The second-order valence-electron chi connectivity index (χ2n) is 7.84. The molecule has 2 aromatic carbocycles. The molecule has 0 aliphatic heterocycles. The Morgan fingerprint density at radius 2 is 1.60 bits per heavy atom. The minimum absolute atomic E-state index is 0.167. The lowest BCUT2D eigenvalue weighted by atomic mass is 10.0. The number of carbonyl (C=O) groups is 1. The summed E-state index contributed by atoms with van der Waals surface area (Å²) in [5, 5.41) is 21.9. The van der Waals surface area contributed by atoms with E-state index < -0.39 is 0 Å². The molecule has 1 fully saturated rings. The van der Waals surface area contributed by atoms with Gasteiger partial charge in [-0.1, -0.05) is 37.8 Å². The van der Waals surface area contributed by atoms with Gasteiger partial charge in [0.1, 0.15) is 11.5 Å². The van der Waals surface area contributed by atoms with Crippen LogP contribution in [0.15, 0.2) is 54.7 Å². The average Bonchev–Trinajstić information content (AvgIpc) is 3.25. The first-order valence-electron chi connectivity index (χ1n) is 10.3. The molecule has 1 aliphatic rings. The number of aromatic nitrogens is 2. The lowest BCUT2D eigenvalue weighted by molar-refractivity contribution is -0.115. The molecule has 1 aliphatic carbocycles. The first kappa shape index (κ1) is 19.9. The Bertz CT molecular complexity index is 1010. The van der Waals surface area contributed by atoms with Crippen molar-refractivity contribution in [2.75, 3.05) is 5.32 Å². The number of anilines is 1. The molecule has 6 nitrogen and oxygen atoms in total. The molecule has 1 aromatic heterocycles. The number of amides is 1. The molecule has 1 heterocycles. The minimum atomic E-state index is -0.167. The van der Waals surface area contributed by atoms with Gasteiger partial charge < -0.3 is 15.5 Å². The summed E-state index contributed by atoms with van der Waals surface area (Å²) in [5.74, 6) is 1.28. The molecule has 0 spiro atoms. The van der Waals surface area contributed by atoms with Crippen molar-refractivity contribution in [1.29, 1.82) is 0 Å². The van der Waals surface area contributed by atoms with E-state index in [0.717, 1.165) is 28.9 Å². The van der Waals surface area contributed by atoms with Gasteiger partial charge in [-0.15, -0.1) is 0 Å². The Balaban J connectivity index is 1.56. The molecule has 30 heavy (non-hydrogen) atoms. The molecule has 0 atom stereocenters. The molecular formula is C24H25N3O3. The zero-order chi connectivity index (χ0) is 20.9. The van der Waals surface area contributed by atoms with Gasteiger partial charge in [-0.2, -0.15) is 0 Å². The normalized spacial score (nSPS) is 14.0. The van der Waals surface area contributed by atoms with Gasteiger partial charge in [0, 0.05) is 5.56 Å². The van der Waals surface area contributed by atoms with Gasteiger partial charge in [-0.05, 0) is 54.3 Å². The third kappa shape index (κ3) is 4.95. The highest BCUT2D eigenvalue weighted by Crippen LogP contribution is 2.30. The summed E-state index contributed by atoms with van der Waals surface area (Å²) in [6.45, 7) is 0. The van der Waals surface area contributed by atoms with E-state index >= 15 is 0 Å². The highest BCUT2D eigenvalue weighted by molar-refractivity contribution is 5.92. The fraction of sp³-hybridized carbons (Fsp3) is 0.292. The number of rotatable bonds is 6. The smallest absolute Gasteiger partial charge is 0.229 e. The van der Waals surface area contributed by atoms with Crippen LogP contribution in [-0.4, -0.2) is 26.1 Å². The Hall–Kier alpha value is -3.41. The topological polar surface area (TPSA) is 95.3 Å². The summed E-state index contributed by atoms with van der Waals surface area (Å²) < 4.78 is 0. The van der Waals surface area contributed by atoms with Crippen LogP contribution in [0.5, 0.6) is 11.5 Å². The Morgan fingerprint density at radius 3 is 2.27 bits per heavy atom. The number of hydrogen-bond acceptors (Lipinski definition) is 5. The van der Waals surface area contributed by atoms with Crippen LogP contribution in [-0.2, 0) is 17.6 Å². The van der Waals surface area contributed by atoms with E-state index in [1.165, 1.54) is 25.7 Å². The number of phenolic OH excluding ortho intramolecular Hbond substituents is 2. The lowest BCUT2D eigenvalue weighted by Gasteiger charge is -2.14. The molecule has 1 saturated carbocycles. The first-order chi connectivity index (χ1) is 14.6. The number of hydrogen-bond donors (Lipinski definition) is 3. The first-order valence-corrected chi connectivity index (χ1v) is 10.3. The van der Waals surface area contributed by atoms with Gasteiger partial charge in [-0.3, -0.25) is 4.79 Å².